The van der Waals surface area contributed by atoms with Crippen molar-refractivity contribution in [2.45, 2.75) is 24.9 Å². The molecule has 0 aliphatic carbocycles. The van der Waals surface area contributed by atoms with E-state index >= 15 is 0 Å². The standard InChI is InChI=1S/C19H18N6O2S/c1-13-18(21-17-11-7-6-10-16(17)20-13)12-28(26,27)14(2)19-22-23-24-25(19)15-8-4-3-5-9-15/h3-11,14H,12H2,1-2H3/t14-/m0/s1. The normalized spacial score (nSPS) is 12.9. The Morgan fingerprint density at radius 3 is 2.32 bits per heavy atom. The van der Waals surface area contributed by atoms with Gasteiger partial charge in [-0.1, -0.05) is 30.3 Å². The number of aryl methyl sites for hydroxylation is 1. The fraction of sp³-hybridized carbons (Fsp3) is 0.211. The maximum atomic E-state index is 13.1. The van der Waals surface area contributed by atoms with Gasteiger partial charge in [0.2, 0.25) is 0 Å². The molecule has 0 aliphatic heterocycles. The van der Waals surface area contributed by atoms with E-state index in [1.54, 1.807) is 13.8 Å². The molecule has 28 heavy (non-hydrogen) atoms. The van der Waals surface area contributed by atoms with Gasteiger partial charge in [0.15, 0.2) is 15.7 Å². The summed E-state index contributed by atoms with van der Waals surface area (Å²) in [4.78, 5) is 8.98. The van der Waals surface area contributed by atoms with Crippen molar-refractivity contribution in [1.29, 1.82) is 0 Å². The Morgan fingerprint density at radius 1 is 0.964 bits per heavy atom. The zero-order valence-electron chi connectivity index (χ0n) is 15.4. The first-order chi connectivity index (χ1) is 13.5. The van der Waals surface area contributed by atoms with Crippen molar-refractivity contribution in [2.75, 3.05) is 0 Å². The zero-order valence-corrected chi connectivity index (χ0v) is 16.2. The Balaban J connectivity index is 1.68. The Morgan fingerprint density at radius 2 is 1.61 bits per heavy atom. The van der Waals surface area contributed by atoms with E-state index in [0.29, 0.717) is 22.6 Å². The van der Waals surface area contributed by atoms with Crippen LogP contribution in [0.15, 0.2) is 54.6 Å². The fourth-order valence-corrected chi connectivity index (χ4v) is 4.31. The summed E-state index contributed by atoms with van der Waals surface area (Å²) in [7, 11) is -3.62. The van der Waals surface area contributed by atoms with Gasteiger partial charge in [-0.25, -0.2) is 18.4 Å². The minimum atomic E-state index is -3.62. The van der Waals surface area contributed by atoms with Crippen LogP contribution in [0.5, 0.6) is 0 Å². The van der Waals surface area contributed by atoms with Crippen LogP contribution >= 0.6 is 0 Å². The third-order valence-corrected chi connectivity index (χ3v) is 6.54. The van der Waals surface area contributed by atoms with E-state index in [2.05, 4.69) is 25.5 Å². The minimum Gasteiger partial charge on any atom is -0.250 e. The predicted molar refractivity (Wildman–Crippen MR) is 104 cm³/mol. The summed E-state index contributed by atoms with van der Waals surface area (Å²) in [5.41, 5.74) is 3.13. The smallest absolute Gasteiger partial charge is 0.174 e. The van der Waals surface area contributed by atoms with Crippen LogP contribution in [0.2, 0.25) is 0 Å². The van der Waals surface area contributed by atoms with E-state index < -0.39 is 15.1 Å². The molecule has 2 aromatic carbocycles. The van der Waals surface area contributed by atoms with Crippen LogP contribution in [-0.2, 0) is 15.6 Å². The topological polar surface area (TPSA) is 104 Å². The molecule has 0 fully saturated rings. The van der Waals surface area contributed by atoms with E-state index in [9.17, 15) is 8.42 Å². The molecule has 9 heteroatoms. The van der Waals surface area contributed by atoms with Crippen LogP contribution in [0.4, 0.5) is 0 Å². The van der Waals surface area contributed by atoms with Crippen LogP contribution in [-0.4, -0.2) is 38.6 Å². The van der Waals surface area contributed by atoms with Gasteiger partial charge in [0, 0.05) is 0 Å². The summed E-state index contributed by atoms with van der Waals surface area (Å²) in [6.45, 7) is 3.35. The SMILES string of the molecule is Cc1nc2ccccc2nc1CS(=O)(=O)[C@@H](C)c1nnnn1-c1ccccc1. The van der Waals surface area contributed by atoms with Gasteiger partial charge in [-0.15, -0.1) is 5.10 Å². The Hall–Kier alpha value is -3.20. The van der Waals surface area contributed by atoms with E-state index in [1.807, 2.05) is 54.6 Å². The van der Waals surface area contributed by atoms with Crippen molar-refractivity contribution >= 4 is 20.9 Å². The number of benzene rings is 2. The van der Waals surface area contributed by atoms with E-state index in [0.717, 1.165) is 5.52 Å². The van der Waals surface area contributed by atoms with Crippen molar-refractivity contribution in [3.8, 4) is 5.69 Å². The van der Waals surface area contributed by atoms with Gasteiger partial charge < -0.3 is 0 Å². The number of hydrogen-bond donors (Lipinski definition) is 0. The van der Waals surface area contributed by atoms with E-state index in [-0.39, 0.29) is 11.6 Å². The summed E-state index contributed by atoms with van der Waals surface area (Å²) < 4.78 is 27.6. The molecule has 2 aromatic heterocycles. The third-order valence-electron chi connectivity index (χ3n) is 4.58. The van der Waals surface area contributed by atoms with Crippen molar-refractivity contribution in [2.24, 2.45) is 0 Å². The lowest BCUT2D eigenvalue weighted by molar-refractivity contribution is 0.579. The predicted octanol–water partition coefficient (Wildman–Crippen LogP) is 2.59. The summed E-state index contributed by atoms with van der Waals surface area (Å²) in [5.74, 6) is 0.0250. The molecule has 4 rings (SSSR count). The van der Waals surface area contributed by atoms with Crippen LogP contribution in [0, 0.1) is 6.92 Å². The molecule has 0 amide bonds. The van der Waals surface area contributed by atoms with Gasteiger partial charge in [0.1, 0.15) is 5.25 Å². The number of hydrogen-bond acceptors (Lipinski definition) is 7. The molecule has 2 heterocycles. The van der Waals surface area contributed by atoms with E-state index in [1.165, 1.54) is 4.68 Å². The largest absolute Gasteiger partial charge is 0.250 e. The van der Waals surface area contributed by atoms with Gasteiger partial charge in [-0.05, 0) is 48.5 Å². The highest BCUT2D eigenvalue weighted by atomic mass is 32.2. The van der Waals surface area contributed by atoms with Gasteiger partial charge >= 0.3 is 0 Å². The summed E-state index contributed by atoms with van der Waals surface area (Å²) in [6.07, 6.45) is 0. The quantitative estimate of drug-likeness (QED) is 0.512. The van der Waals surface area contributed by atoms with Crippen LogP contribution in [0.3, 0.4) is 0 Å². The molecule has 0 aliphatic rings. The average Bonchev–Trinajstić information content (AvgIpc) is 3.18. The Bertz CT molecular complexity index is 1240. The second kappa shape index (κ2) is 7.08. The highest BCUT2D eigenvalue weighted by Gasteiger charge is 2.30. The van der Waals surface area contributed by atoms with Gasteiger partial charge in [0.25, 0.3) is 0 Å². The van der Waals surface area contributed by atoms with Gasteiger partial charge in [-0.3, -0.25) is 0 Å². The van der Waals surface area contributed by atoms with Gasteiger partial charge in [0.05, 0.1) is 33.9 Å². The third kappa shape index (κ3) is 3.36. The highest BCUT2D eigenvalue weighted by molar-refractivity contribution is 7.90. The molecular weight excluding hydrogens is 376 g/mol. The molecule has 4 aromatic rings. The number of fused-ring (bicyclic) bond motifs is 1. The first-order valence-electron chi connectivity index (χ1n) is 8.73. The monoisotopic (exact) mass is 394 g/mol. The molecule has 8 nitrogen and oxygen atoms in total. The summed E-state index contributed by atoms with van der Waals surface area (Å²) in [5, 5.41) is 10.7. The number of nitrogens with zero attached hydrogens (tertiary/aromatic N) is 6. The highest BCUT2D eigenvalue weighted by Crippen LogP contribution is 2.25. The number of aromatic nitrogens is 6. The molecule has 142 valence electrons. The maximum Gasteiger partial charge on any atom is 0.174 e. The lowest BCUT2D eigenvalue weighted by Crippen LogP contribution is -2.18. The molecule has 0 radical (unpaired) electrons. The lowest BCUT2D eigenvalue weighted by Gasteiger charge is -2.14. The number of tetrazole rings is 1. The summed E-state index contributed by atoms with van der Waals surface area (Å²) in [6, 6.07) is 16.6. The molecule has 0 spiro atoms. The maximum absolute atomic E-state index is 13.1. The molecular formula is C19H18N6O2S. The van der Waals surface area contributed by atoms with E-state index in [4.69, 9.17) is 0 Å². The second-order valence-electron chi connectivity index (χ2n) is 6.48. The minimum absolute atomic E-state index is 0.237. The molecule has 1 atom stereocenters. The molecule has 0 N–H and O–H groups in total. The first kappa shape index (κ1) is 18.2. The Kier molecular flexibility index (Phi) is 4.60. The number of para-hydroxylation sites is 3. The van der Waals surface area contributed by atoms with Crippen LogP contribution < -0.4 is 0 Å². The fourth-order valence-electron chi connectivity index (χ4n) is 2.94. The average molecular weight is 394 g/mol. The van der Waals surface area contributed by atoms with Crippen molar-refractivity contribution in [3.05, 3.63) is 71.8 Å². The van der Waals surface area contributed by atoms with Crippen molar-refractivity contribution in [1.82, 2.24) is 30.2 Å². The molecule has 0 saturated heterocycles. The van der Waals surface area contributed by atoms with Crippen molar-refractivity contribution < 1.29 is 8.42 Å². The summed E-state index contributed by atoms with van der Waals surface area (Å²) >= 11 is 0. The number of sulfone groups is 1. The molecule has 0 saturated carbocycles. The molecule has 0 bridgehead atoms. The van der Waals surface area contributed by atoms with Crippen molar-refractivity contribution in [3.63, 3.8) is 0 Å². The number of rotatable bonds is 5. The zero-order chi connectivity index (χ0) is 19.7. The van der Waals surface area contributed by atoms with Gasteiger partial charge in [-0.2, -0.15) is 4.68 Å². The first-order valence-corrected chi connectivity index (χ1v) is 10.4. The lowest BCUT2D eigenvalue weighted by atomic mass is 10.2. The molecule has 0 unspecified atom stereocenters. The van der Waals surface area contributed by atoms with Crippen LogP contribution in [0.25, 0.3) is 16.7 Å². The Labute approximate surface area is 162 Å². The van der Waals surface area contributed by atoms with Crippen LogP contribution in [0.1, 0.15) is 29.4 Å². The second-order valence-corrected chi connectivity index (χ2v) is 8.80.